The molecule has 2 aromatic heterocycles. The summed E-state index contributed by atoms with van der Waals surface area (Å²) in [4.78, 5) is 2.40. The predicted molar refractivity (Wildman–Crippen MR) is 223 cm³/mol. The Labute approximate surface area is 306 Å². The number of fused-ring (bicyclic) bond motifs is 9. The maximum atomic E-state index is 6.27. The first-order chi connectivity index (χ1) is 26.3. The molecule has 2 heterocycles. The zero-order chi connectivity index (χ0) is 34.9. The summed E-state index contributed by atoms with van der Waals surface area (Å²) in [5.41, 5.74) is 11.0. The number of hydrogen-bond acceptors (Lipinski definition) is 2. The maximum Gasteiger partial charge on any atom is 0.135 e. The van der Waals surface area contributed by atoms with Crippen LogP contribution in [0.1, 0.15) is 0 Å². The Hall–Kier alpha value is -7.10. The Morgan fingerprint density at radius 3 is 1.89 bits per heavy atom. The topological polar surface area (TPSA) is 21.3 Å². The molecule has 0 aliphatic carbocycles. The standard InChI is InChI=1S/C50H32N2O/c1-2-14-35(15-3-1)52-46-23-10-8-19-42(46)44-22-12-21-39(50(44)52)33-25-27-36(28-26-33)51(37-29-30-49-45(32-37)43-20-9-11-24-48(43)53-49)47-31-34-13-4-5-16-38(34)40-17-6-7-18-41(40)47/h1-32H. The second kappa shape index (κ2) is 11.7. The molecular weight excluding hydrogens is 645 g/mol. The first-order valence-corrected chi connectivity index (χ1v) is 18.1. The number of benzene rings is 9. The van der Waals surface area contributed by atoms with E-state index in [0.717, 1.165) is 44.7 Å². The average molecular weight is 677 g/mol. The number of anilines is 3. The number of aromatic nitrogens is 1. The van der Waals surface area contributed by atoms with Crippen LogP contribution < -0.4 is 4.90 Å². The third kappa shape index (κ3) is 4.61. The first kappa shape index (κ1) is 29.6. The van der Waals surface area contributed by atoms with Gasteiger partial charge >= 0.3 is 0 Å². The van der Waals surface area contributed by atoms with Crippen LogP contribution in [0.5, 0.6) is 0 Å². The molecule has 0 spiro atoms. The molecule has 0 aliphatic rings. The third-order valence-corrected chi connectivity index (χ3v) is 10.8. The summed E-state index contributed by atoms with van der Waals surface area (Å²) in [7, 11) is 0. The van der Waals surface area contributed by atoms with E-state index in [-0.39, 0.29) is 0 Å². The minimum absolute atomic E-state index is 0.885. The third-order valence-electron chi connectivity index (χ3n) is 10.8. The van der Waals surface area contributed by atoms with Crippen LogP contribution >= 0.6 is 0 Å². The molecule has 0 atom stereocenters. The summed E-state index contributed by atoms with van der Waals surface area (Å²) in [6, 6.07) is 69.8. The van der Waals surface area contributed by atoms with Crippen LogP contribution in [0.3, 0.4) is 0 Å². The minimum Gasteiger partial charge on any atom is -0.456 e. The summed E-state index contributed by atoms with van der Waals surface area (Å²) in [5.74, 6) is 0. The van der Waals surface area contributed by atoms with Crippen molar-refractivity contribution in [3.63, 3.8) is 0 Å². The second-order valence-electron chi connectivity index (χ2n) is 13.7. The second-order valence-corrected chi connectivity index (χ2v) is 13.7. The molecule has 0 saturated heterocycles. The fraction of sp³-hybridized carbons (Fsp3) is 0. The molecule has 0 amide bonds. The van der Waals surface area contributed by atoms with Crippen molar-refractivity contribution in [2.24, 2.45) is 0 Å². The summed E-state index contributed by atoms with van der Waals surface area (Å²) in [6.45, 7) is 0. The van der Waals surface area contributed by atoms with E-state index in [2.05, 4.69) is 191 Å². The maximum absolute atomic E-state index is 6.27. The van der Waals surface area contributed by atoms with Gasteiger partial charge in [0.05, 0.1) is 16.7 Å². The van der Waals surface area contributed by atoms with Crippen molar-refractivity contribution < 1.29 is 4.42 Å². The fourth-order valence-electron chi connectivity index (χ4n) is 8.39. The average Bonchev–Trinajstić information content (AvgIpc) is 3.77. The molecule has 3 heteroatoms. The summed E-state index contributed by atoms with van der Waals surface area (Å²) in [6.07, 6.45) is 0. The Morgan fingerprint density at radius 1 is 0.396 bits per heavy atom. The number of nitrogens with zero attached hydrogens (tertiary/aromatic N) is 2. The van der Waals surface area contributed by atoms with Gasteiger partial charge in [0.25, 0.3) is 0 Å². The number of furan rings is 1. The summed E-state index contributed by atoms with van der Waals surface area (Å²) < 4.78 is 8.68. The Balaban J connectivity index is 1.14. The zero-order valence-corrected chi connectivity index (χ0v) is 28.8. The molecule has 53 heavy (non-hydrogen) atoms. The number of para-hydroxylation sites is 4. The van der Waals surface area contributed by atoms with Gasteiger partial charge in [0.2, 0.25) is 0 Å². The van der Waals surface area contributed by atoms with Crippen molar-refractivity contribution in [2.45, 2.75) is 0 Å². The lowest BCUT2D eigenvalue weighted by Crippen LogP contribution is -2.10. The highest BCUT2D eigenvalue weighted by Gasteiger charge is 2.20. The van der Waals surface area contributed by atoms with E-state index in [9.17, 15) is 0 Å². The molecule has 0 N–H and O–H groups in total. The van der Waals surface area contributed by atoms with Gasteiger partial charge in [0.1, 0.15) is 11.2 Å². The largest absolute Gasteiger partial charge is 0.456 e. The van der Waals surface area contributed by atoms with Crippen LogP contribution in [0.15, 0.2) is 199 Å². The lowest BCUT2D eigenvalue weighted by Gasteiger charge is -2.28. The molecule has 248 valence electrons. The van der Waals surface area contributed by atoms with Crippen molar-refractivity contribution >= 4 is 82.4 Å². The van der Waals surface area contributed by atoms with Crippen molar-refractivity contribution in [1.82, 2.24) is 4.57 Å². The van der Waals surface area contributed by atoms with Gasteiger partial charge < -0.3 is 13.9 Å². The monoisotopic (exact) mass is 676 g/mol. The molecule has 0 bridgehead atoms. The summed E-state index contributed by atoms with van der Waals surface area (Å²) >= 11 is 0. The van der Waals surface area contributed by atoms with E-state index in [1.54, 1.807) is 0 Å². The summed E-state index contributed by atoms with van der Waals surface area (Å²) in [5, 5.41) is 9.60. The van der Waals surface area contributed by atoms with Crippen LogP contribution in [0, 0.1) is 0 Å². The van der Waals surface area contributed by atoms with E-state index >= 15 is 0 Å². The highest BCUT2D eigenvalue weighted by molar-refractivity contribution is 6.16. The highest BCUT2D eigenvalue weighted by Crippen LogP contribution is 2.45. The molecule has 9 aromatic carbocycles. The van der Waals surface area contributed by atoms with Crippen LogP contribution in [-0.2, 0) is 0 Å². The molecule has 0 saturated carbocycles. The van der Waals surface area contributed by atoms with E-state index in [1.165, 1.54) is 54.5 Å². The lowest BCUT2D eigenvalue weighted by molar-refractivity contribution is 0.669. The molecular formula is C50H32N2O. The van der Waals surface area contributed by atoms with Crippen molar-refractivity contribution in [1.29, 1.82) is 0 Å². The molecule has 11 aromatic rings. The minimum atomic E-state index is 0.885. The molecule has 0 radical (unpaired) electrons. The lowest BCUT2D eigenvalue weighted by atomic mass is 9.98. The van der Waals surface area contributed by atoms with Crippen LogP contribution in [0.2, 0.25) is 0 Å². The number of rotatable bonds is 5. The van der Waals surface area contributed by atoms with Gasteiger partial charge in [-0.25, -0.2) is 0 Å². The Kier molecular flexibility index (Phi) is 6.55. The van der Waals surface area contributed by atoms with E-state index in [1.807, 2.05) is 12.1 Å². The van der Waals surface area contributed by atoms with Crippen molar-refractivity contribution in [3.05, 3.63) is 194 Å². The van der Waals surface area contributed by atoms with E-state index in [4.69, 9.17) is 4.42 Å². The highest BCUT2D eigenvalue weighted by atomic mass is 16.3. The van der Waals surface area contributed by atoms with Gasteiger partial charge in [-0.15, -0.1) is 0 Å². The zero-order valence-electron chi connectivity index (χ0n) is 28.8. The molecule has 0 unspecified atom stereocenters. The van der Waals surface area contributed by atoms with Crippen LogP contribution in [0.4, 0.5) is 17.1 Å². The number of hydrogen-bond donors (Lipinski definition) is 0. The SMILES string of the molecule is c1ccc(-n2c3ccccc3c3cccc(-c4ccc(N(c5ccc6oc7ccccc7c6c5)c5cc6ccccc6c6ccccc56)cc4)c32)cc1. The fourth-order valence-corrected chi connectivity index (χ4v) is 8.39. The van der Waals surface area contributed by atoms with Crippen molar-refractivity contribution in [3.8, 4) is 16.8 Å². The van der Waals surface area contributed by atoms with E-state index < -0.39 is 0 Å². The molecule has 3 nitrogen and oxygen atoms in total. The predicted octanol–water partition coefficient (Wildman–Crippen LogP) is 14.1. The van der Waals surface area contributed by atoms with Gasteiger partial charge in [-0.3, -0.25) is 0 Å². The van der Waals surface area contributed by atoms with Gasteiger partial charge in [0, 0.05) is 49.6 Å². The molecule has 0 aliphatic heterocycles. The van der Waals surface area contributed by atoms with Crippen LogP contribution in [-0.4, -0.2) is 4.57 Å². The Morgan fingerprint density at radius 2 is 1.04 bits per heavy atom. The van der Waals surface area contributed by atoms with Crippen molar-refractivity contribution in [2.75, 3.05) is 4.90 Å². The quantitative estimate of drug-likeness (QED) is 0.169. The van der Waals surface area contributed by atoms with Gasteiger partial charge in [-0.2, -0.15) is 0 Å². The Bertz CT molecular complexity index is 3170. The van der Waals surface area contributed by atoms with Crippen LogP contribution in [0.25, 0.3) is 82.1 Å². The smallest absolute Gasteiger partial charge is 0.135 e. The first-order valence-electron chi connectivity index (χ1n) is 18.1. The normalized spacial score (nSPS) is 11.8. The van der Waals surface area contributed by atoms with Gasteiger partial charge in [-0.05, 0) is 82.4 Å². The van der Waals surface area contributed by atoms with Gasteiger partial charge in [-0.1, -0.05) is 133 Å². The van der Waals surface area contributed by atoms with E-state index in [0.29, 0.717) is 0 Å². The molecule has 11 rings (SSSR count). The van der Waals surface area contributed by atoms with Gasteiger partial charge in [0.15, 0.2) is 0 Å². The molecule has 0 fully saturated rings.